The molecule has 0 bridgehead atoms. The van der Waals surface area contributed by atoms with Crippen LogP contribution in [0.4, 0.5) is 17.1 Å². The Balaban J connectivity index is 1.29. The quantitative estimate of drug-likeness (QED) is 0.204. The lowest BCUT2D eigenvalue weighted by Gasteiger charge is -2.27. The standard InChI is InChI=1S/C41H27N3O/c1-4-13-28(14-5-1)41-42-36-26-25-34-35(40(36)45-41)20-12-22-37(34)43(29-15-6-2-7-16-29)31-23-24-33-32-19-10-11-21-38(32)44(39(33)27-31)30-17-8-3-9-18-30/h1-27H. The van der Waals surface area contributed by atoms with Crippen LogP contribution in [0.15, 0.2) is 168 Å². The summed E-state index contributed by atoms with van der Waals surface area (Å²) in [5.74, 6) is 0.627. The van der Waals surface area contributed by atoms with Crippen LogP contribution >= 0.6 is 0 Å². The highest BCUT2D eigenvalue weighted by Crippen LogP contribution is 2.43. The van der Waals surface area contributed by atoms with Gasteiger partial charge in [-0.05, 0) is 72.8 Å². The van der Waals surface area contributed by atoms with Gasteiger partial charge in [-0.25, -0.2) is 4.98 Å². The molecule has 9 aromatic rings. The number of hydrogen-bond acceptors (Lipinski definition) is 3. The zero-order chi connectivity index (χ0) is 29.7. The summed E-state index contributed by atoms with van der Waals surface area (Å²) in [6, 6.07) is 57.3. The van der Waals surface area contributed by atoms with E-state index < -0.39 is 0 Å². The average molecular weight is 578 g/mol. The Bertz CT molecular complexity index is 2480. The number of para-hydroxylation sites is 3. The molecule has 0 unspecified atom stereocenters. The maximum atomic E-state index is 6.44. The van der Waals surface area contributed by atoms with Gasteiger partial charge < -0.3 is 13.9 Å². The Hall–Kier alpha value is -6.13. The van der Waals surface area contributed by atoms with Gasteiger partial charge in [-0.1, -0.05) is 91.0 Å². The summed E-state index contributed by atoms with van der Waals surface area (Å²) in [5.41, 5.74) is 9.31. The van der Waals surface area contributed by atoms with Crippen LogP contribution in [-0.2, 0) is 0 Å². The van der Waals surface area contributed by atoms with E-state index in [9.17, 15) is 0 Å². The first-order valence-corrected chi connectivity index (χ1v) is 15.1. The van der Waals surface area contributed by atoms with Crippen LogP contribution in [0.2, 0.25) is 0 Å². The summed E-state index contributed by atoms with van der Waals surface area (Å²) in [7, 11) is 0. The number of benzene rings is 7. The van der Waals surface area contributed by atoms with Gasteiger partial charge in [0.15, 0.2) is 5.58 Å². The molecule has 0 radical (unpaired) electrons. The predicted molar refractivity (Wildman–Crippen MR) is 186 cm³/mol. The van der Waals surface area contributed by atoms with Crippen molar-refractivity contribution in [3.63, 3.8) is 0 Å². The monoisotopic (exact) mass is 577 g/mol. The second kappa shape index (κ2) is 10.2. The molecule has 4 nitrogen and oxygen atoms in total. The number of anilines is 3. The van der Waals surface area contributed by atoms with Gasteiger partial charge in [-0.2, -0.15) is 0 Å². The molecule has 0 saturated heterocycles. The maximum Gasteiger partial charge on any atom is 0.227 e. The fourth-order valence-electron chi connectivity index (χ4n) is 6.58. The van der Waals surface area contributed by atoms with E-state index in [0.29, 0.717) is 5.89 Å². The van der Waals surface area contributed by atoms with Crippen LogP contribution in [0, 0.1) is 0 Å². The van der Waals surface area contributed by atoms with Crippen molar-refractivity contribution in [3.05, 3.63) is 164 Å². The fraction of sp³-hybridized carbons (Fsp3) is 0. The van der Waals surface area contributed by atoms with Crippen LogP contribution in [-0.4, -0.2) is 9.55 Å². The minimum atomic E-state index is 0.627. The van der Waals surface area contributed by atoms with Gasteiger partial charge in [0.1, 0.15) is 5.52 Å². The molecule has 4 heteroatoms. The van der Waals surface area contributed by atoms with Crippen molar-refractivity contribution in [1.82, 2.24) is 9.55 Å². The number of aromatic nitrogens is 2. The molecule has 9 rings (SSSR count). The summed E-state index contributed by atoms with van der Waals surface area (Å²) >= 11 is 0. The molecule has 0 aliphatic heterocycles. The zero-order valence-corrected chi connectivity index (χ0v) is 24.3. The van der Waals surface area contributed by atoms with Crippen molar-refractivity contribution in [1.29, 1.82) is 0 Å². The van der Waals surface area contributed by atoms with Crippen LogP contribution in [0.5, 0.6) is 0 Å². The third-order valence-corrected chi connectivity index (χ3v) is 8.59. The zero-order valence-electron chi connectivity index (χ0n) is 24.3. The van der Waals surface area contributed by atoms with E-state index in [1.165, 1.54) is 16.3 Å². The third-order valence-electron chi connectivity index (χ3n) is 8.59. The van der Waals surface area contributed by atoms with Gasteiger partial charge in [0.25, 0.3) is 0 Å². The lowest BCUT2D eigenvalue weighted by molar-refractivity contribution is 0.623. The van der Waals surface area contributed by atoms with Gasteiger partial charge in [0, 0.05) is 44.2 Å². The lowest BCUT2D eigenvalue weighted by atomic mass is 10.0. The first-order valence-electron chi connectivity index (χ1n) is 15.1. The lowest BCUT2D eigenvalue weighted by Crippen LogP contribution is -2.10. The molecule has 0 atom stereocenters. The molecule has 0 aliphatic rings. The third kappa shape index (κ3) is 4.11. The summed E-state index contributed by atoms with van der Waals surface area (Å²) in [6.07, 6.45) is 0. The van der Waals surface area contributed by atoms with E-state index in [1.54, 1.807) is 0 Å². The van der Waals surface area contributed by atoms with Crippen LogP contribution in [0.3, 0.4) is 0 Å². The molecule has 2 aromatic heterocycles. The Kier molecular flexibility index (Phi) is 5.78. The van der Waals surface area contributed by atoms with Crippen molar-refractivity contribution in [2.24, 2.45) is 0 Å². The number of rotatable bonds is 5. The highest BCUT2D eigenvalue weighted by atomic mass is 16.3. The minimum absolute atomic E-state index is 0.627. The summed E-state index contributed by atoms with van der Waals surface area (Å²) in [4.78, 5) is 7.18. The molecule has 2 heterocycles. The summed E-state index contributed by atoms with van der Waals surface area (Å²) in [5, 5.41) is 4.58. The highest BCUT2D eigenvalue weighted by Gasteiger charge is 2.20. The summed E-state index contributed by atoms with van der Waals surface area (Å²) in [6.45, 7) is 0. The molecular formula is C41H27N3O. The van der Waals surface area contributed by atoms with E-state index in [-0.39, 0.29) is 0 Å². The van der Waals surface area contributed by atoms with Crippen molar-refractivity contribution >= 4 is 60.7 Å². The van der Waals surface area contributed by atoms with Crippen molar-refractivity contribution in [2.45, 2.75) is 0 Å². The van der Waals surface area contributed by atoms with Gasteiger partial charge in [-0.3, -0.25) is 0 Å². The van der Waals surface area contributed by atoms with E-state index in [4.69, 9.17) is 9.40 Å². The van der Waals surface area contributed by atoms with Crippen molar-refractivity contribution in [3.8, 4) is 17.1 Å². The molecule has 0 N–H and O–H groups in total. The highest BCUT2D eigenvalue weighted by molar-refractivity contribution is 6.12. The molecule has 212 valence electrons. The maximum absolute atomic E-state index is 6.44. The molecule has 0 amide bonds. The largest absolute Gasteiger partial charge is 0.435 e. The van der Waals surface area contributed by atoms with Crippen molar-refractivity contribution < 1.29 is 4.42 Å². The topological polar surface area (TPSA) is 34.2 Å². The fourth-order valence-corrected chi connectivity index (χ4v) is 6.58. The van der Waals surface area contributed by atoms with E-state index in [2.05, 4.69) is 143 Å². The second-order valence-corrected chi connectivity index (χ2v) is 11.2. The van der Waals surface area contributed by atoms with Gasteiger partial charge in [-0.15, -0.1) is 0 Å². The molecule has 0 spiro atoms. The van der Waals surface area contributed by atoms with Crippen LogP contribution < -0.4 is 4.90 Å². The first kappa shape index (κ1) is 25.4. The van der Waals surface area contributed by atoms with Crippen molar-refractivity contribution in [2.75, 3.05) is 4.90 Å². The smallest absolute Gasteiger partial charge is 0.227 e. The number of oxazole rings is 1. The van der Waals surface area contributed by atoms with Gasteiger partial charge in [0.2, 0.25) is 5.89 Å². The molecule has 0 aliphatic carbocycles. The Morgan fingerprint density at radius 3 is 1.98 bits per heavy atom. The van der Waals surface area contributed by atoms with Crippen LogP contribution in [0.25, 0.3) is 60.8 Å². The van der Waals surface area contributed by atoms with Gasteiger partial charge >= 0.3 is 0 Å². The Labute approximate surface area is 260 Å². The predicted octanol–water partition coefficient (Wildman–Crippen LogP) is 11.2. The second-order valence-electron chi connectivity index (χ2n) is 11.2. The molecule has 0 fully saturated rings. The molecular weight excluding hydrogens is 550 g/mol. The Morgan fingerprint density at radius 2 is 1.16 bits per heavy atom. The first-order chi connectivity index (χ1) is 22.3. The average Bonchev–Trinajstić information content (AvgIpc) is 3.70. The molecule has 7 aromatic carbocycles. The SMILES string of the molecule is c1ccc(-c2nc3ccc4c(N(c5ccccc5)c5ccc6c7ccccc7n(-c7ccccc7)c6c5)cccc4c3o2)cc1. The Morgan fingerprint density at radius 1 is 0.489 bits per heavy atom. The number of nitrogens with zero attached hydrogens (tertiary/aromatic N) is 3. The molecule has 0 saturated carbocycles. The van der Waals surface area contributed by atoms with Gasteiger partial charge in [0.05, 0.1) is 16.7 Å². The molecule has 45 heavy (non-hydrogen) atoms. The van der Waals surface area contributed by atoms with E-state index in [0.717, 1.165) is 55.7 Å². The number of fused-ring (bicyclic) bond motifs is 6. The summed E-state index contributed by atoms with van der Waals surface area (Å²) < 4.78 is 8.80. The minimum Gasteiger partial charge on any atom is -0.435 e. The number of hydrogen-bond donors (Lipinski definition) is 0. The van der Waals surface area contributed by atoms with Crippen LogP contribution in [0.1, 0.15) is 0 Å². The van der Waals surface area contributed by atoms with E-state index in [1.807, 2.05) is 30.3 Å². The van der Waals surface area contributed by atoms with E-state index >= 15 is 0 Å². The normalized spacial score (nSPS) is 11.6.